The van der Waals surface area contributed by atoms with Crippen molar-refractivity contribution < 1.29 is 4.39 Å². The predicted octanol–water partition coefficient (Wildman–Crippen LogP) is 2.57. The van der Waals surface area contributed by atoms with Gasteiger partial charge in [0.1, 0.15) is 0 Å². The minimum absolute atomic E-state index is 0.0556. The second kappa shape index (κ2) is 9.93. The summed E-state index contributed by atoms with van der Waals surface area (Å²) in [5.41, 5.74) is 0. The third-order valence-corrected chi connectivity index (χ3v) is 4.61. The summed E-state index contributed by atoms with van der Waals surface area (Å²) < 4.78 is 12.4. The molecule has 0 bridgehead atoms. The number of nitrogens with one attached hydrogen (secondary N) is 1. The second-order valence-corrected chi connectivity index (χ2v) is 6.00. The van der Waals surface area contributed by atoms with Crippen molar-refractivity contribution in [2.24, 2.45) is 0 Å². The van der Waals surface area contributed by atoms with Crippen LogP contribution in [0.3, 0.4) is 0 Å². The molecule has 0 aromatic rings. The molecule has 0 unspecified atom stereocenters. The number of hydrogen-bond acceptors (Lipinski definition) is 1. The fraction of sp³-hybridized carbons (Fsp3) is 0.800. The van der Waals surface area contributed by atoms with Crippen LogP contribution < -0.4 is 5.32 Å². The lowest BCUT2D eigenvalue weighted by Crippen LogP contribution is -2.20. The third kappa shape index (κ3) is 8.18. The molecule has 0 aliphatic heterocycles. The molecule has 1 radical (unpaired) electrons. The average molecular weight is 202 g/mol. The Labute approximate surface area is 83.0 Å². The maximum Gasteiger partial charge on any atom is 0.0876 e. The van der Waals surface area contributed by atoms with Crippen LogP contribution in [0.2, 0.25) is 12.1 Å². The van der Waals surface area contributed by atoms with E-state index in [1.807, 2.05) is 6.08 Å². The van der Waals surface area contributed by atoms with Gasteiger partial charge in [-0.25, -0.2) is 0 Å². The normalized spacial score (nSPS) is 10.7. The van der Waals surface area contributed by atoms with Gasteiger partial charge in [-0.3, -0.25) is 4.39 Å². The van der Waals surface area contributed by atoms with Gasteiger partial charge in [0.15, 0.2) is 0 Å². The highest BCUT2D eigenvalue weighted by molar-refractivity contribution is 6.58. The summed E-state index contributed by atoms with van der Waals surface area (Å²) in [7, 11) is -0.654. The lowest BCUT2D eigenvalue weighted by molar-refractivity contribution is 0.581. The summed E-state index contributed by atoms with van der Waals surface area (Å²) in [6, 6.07) is 2.24. The number of halogens is 1. The first-order valence-corrected chi connectivity index (χ1v) is 7.18. The molecule has 0 saturated carbocycles. The van der Waals surface area contributed by atoms with Crippen LogP contribution in [0.25, 0.3) is 0 Å². The molecule has 13 heavy (non-hydrogen) atoms. The number of alkyl halides is 1. The van der Waals surface area contributed by atoms with Crippen molar-refractivity contribution in [3.8, 4) is 0 Å². The standard InChI is InChI=1S/C10H21FNSi/c1-3-6-12-7-5-9-13(10-11)8-4-2/h3,12H,1,4-10H2,2H3. The predicted molar refractivity (Wildman–Crippen MR) is 59.3 cm³/mol. The Kier molecular flexibility index (Phi) is 9.81. The van der Waals surface area contributed by atoms with Crippen LogP contribution in [0.1, 0.15) is 19.8 Å². The highest BCUT2D eigenvalue weighted by atomic mass is 28.3. The van der Waals surface area contributed by atoms with E-state index in [1.54, 1.807) is 0 Å². The van der Waals surface area contributed by atoms with Gasteiger partial charge in [0.25, 0.3) is 0 Å². The van der Waals surface area contributed by atoms with E-state index in [9.17, 15) is 4.39 Å². The molecule has 1 N–H and O–H groups in total. The molecule has 0 saturated heterocycles. The van der Waals surface area contributed by atoms with Crippen molar-refractivity contribution in [1.29, 1.82) is 0 Å². The molecule has 0 amide bonds. The molecular weight excluding hydrogens is 181 g/mol. The quantitative estimate of drug-likeness (QED) is 0.344. The highest BCUT2D eigenvalue weighted by Crippen LogP contribution is 2.05. The fourth-order valence-corrected chi connectivity index (χ4v) is 3.18. The Morgan fingerprint density at radius 2 is 2.23 bits per heavy atom. The Balaban J connectivity index is 3.22. The summed E-state index contributed by atoms with van der Waals surface area (Å²) >= 11 is 0. The van der Waals surface area contributed by atoms with E-state index in [0.717, 1.165) is 38.0 Å². The van der Waals surface area contributed by atoms with Crippen LogP contribution in [0.15, 0.2) is 12.7 Å². The largest absolute Gasteiger partial charge is 0.313 e. The van der Waals surface area contributed by atoms with E-state index in [-0.39, 0.29) is 6.30 Å². The van der Waals surface area contributed by atoms with Crippen molar-refractivity contribution in [2.75, 3.05) is 19.4 Å². The Morgan fingerprint density at radius 3 is 2.77 bits per heavy atom. The van der Waals surface area contributed by atoms with Crippen LogP contribution in [0, 0.1) is 0 Å². The first-order valence-electron chi connectivity index (χ1n) is 5.06. The molecular formula is C10H21FNSi. The Morgan fingerprint density at radius 1 is 1.46 bits per heavy atom. The molecule has 0 aromatic carbocycles. The van der Waals surface area contributed by atoms with Crippen molar-refractivity contribution in [3.63, 3.8) is 0 Å². The maximum absolute atomic E-state index is 12.4. The van der Waals surface area contributed by atoms with Crippen LogP contribution in [0.4, 0.5) is 4.39 Å². The molecule has 0 rings (SSSR count). The molecule has 0 aromatic heterocycles. The maximum atomic E-state index is 12.4. The van der Waals surface area contributed by atoms with Gasteiger partial charge < -0.3 is 5.32 Å². The van der Waals surface area contributed by atoms with Gasteiger partial charge >= 0.3 is 0 Å². The number of hydrogen-bond donors (Lipinski definition) is 1. The van der Waals surface area contributed by atoms with E-state index in [0.29, 0.717) is 0 Å². The SMILES string of the molecule is C=CCNCCC[Si](CF)CCC. The first kappa shape index (κ1) is 12.8. The second-order valence-electron chi connectivity index (χ2n) is 3.23. The summed E-state index contributed by atoms with van der Waals surface area (Å²) in [6.45, 7) is 7.63. The average Bonchev–Trinajstić information content (AvgIpc) is 2.16. The molecule has 0 aliphatic rings. The first-order chi connectivity index (χ1) is 6.35. The smallest absolute Gasteiger partial charge is 0.0876 e. The van der Waals surface area contributed by atoms with E-state index < -0.39 is 8.80 Å². The summed E-state index contributed by atoms with van der Waals surface area (Å²) in [5.74, 6) is 0. The minimum atomic E-state index is -0.654. The van der Waals surface area contributed by atoms with Crippen LogP contribution >= 0.6 is 0 Å². The van der Waals surface area contributed by atoms with Gasteiger partial charge in [-0.15, -0.1) is 6.58 Å². The Bertz CT molecular complexity index is 119. The van der Waals surface area contributed by atoms with Crippen molar-refractivity contribution in [1.82, 2.24) is 5.32 Å². The zero-order valence-electron chi connectivity index (χ0n) is 8.61. The van der Waals surface area contributed by atoms with Gasteiger partial charge in [0.05, 0.1) is 15.1 Å². The highest BCUT2D eigenvalue weighted by Gasteiger charge is 2.08. The van der Waals surface area contributed by atoms with Crippen molar-refractivity contribution >= 4 is 8.80 Å². The third-order valence-electron chi connectivity index (χ3n) is 1.97. The van der Waals surface area contributed by atoms with E-state index in [1.165, 1.54) is 0 Å². The topological polar surface area (TPSA) is 12.0 Å². The molecule has 0 heterocycles. The van der Waals surface area contributed by atoms with Gasteiger partial charge in [-0.1, -0.05) is 31.5 Å². The molecule has 77 valence electrons. The van der Waals surface area contributed by atoms with Crippen LogP contribution in [-0.4, -0.2) is 28.2 Å². The van der Waals surface area contributed by atoms with Gasteiger partial charge in [-0.05, 0) is 13.0 Å². The van der Waals surface area contributed by atoms with E-state index in [2.05, 4.69) is 18.8 Å². The molecule has 0 spiro atoms. The minimum Gasteiger partial charge on any atom is -0.313 e. The van der Waals surface area contributed by atoms with Gasteiger partial charge in [-0.2, -0.15) is 0 Å². The Hall–Kier alpha value is -0.153. The van der Waals surface area contributed by atoms with Crippen molar-refractivity contribution in [3.05, 3.63) is 12.7 Å². The van der Waals surface area contributed by atoms with E-state index in [4.69, 9.17) is 0 Å². The fourth-order valence-electron chi connectivity index (χ4n) is 1.28. The van der Waals surface area contributed by atoms with Gasteiger partial charge in [0, 0.05) is 6.54 Å². The lowest BCUT2D eigenvalue weighted by Gasteiger charge is -2.09. The van der Waals surface area contributed by atoms with Crippen molar-refractivity contribution in [2.45, 2.75) is 31.9 Å². The molecule has 3 heteroatoms. The van der Waals surface area contributed by atoms with Crippen LogP contribution in [0.5, 0.6) is 0 Å². The molecule has 0 atom stereocenters. The van der Waals surface area contributed by atoms with E-state index >= 15 is 0 Å². The lowest BCUT2D eigenvalue weighted by atomic mass is 10.4. The van der Waals surface area contributed by atoms with Gasteiger partial charge in [0.2, 0.25) is 0 Å². The summed E-state index contributed by atoms with van der Waals surface area (Å²) in [6.07, 6.45) is 4.05. The monoisotopic (exact) mass is 202 g/mol. The summed E-state index contributed by atoms with van der Waals surface area (Å²) in [4.78, 5) is 0. The zero-order valence-corrected chi connectivity index (χ0v) is 9.61. The number of rotatable bonds is 9. The van der Waals surface area contributed by atoms with Crippen LogP contribution in [-0.2, 0) is 0 Å². The molecule has 1 nitrogen and oxygen atoms in total. The summed E-state index contributed by atoms with van der Waals surface area (Å²) in [5, 5.41) is 3.23. The molecule has 0 aliphatic carbocycles. The molecule has 0 fully saturated rings. The zero-order chi connectivity index (χ0) is 9.94.